The van der Waals surface area contributed by atoms with Gasteiger partial charge in [0, 0.05) is 18.7 Å². The van der Waals surface area contributed by atoms with E-state index >= 15 is 0 Å². The lowest BCUT2D eigenvalue weighted by molar-refractivity contribution is -0.142. The normalized spacial score (nSPS) is 26.8. The second kappa shape index (κ2) is 11.9. The molecule has 0 bridgehead atoms. The van der Waals surface area contributed by atoms with E-state index in [1.165, 1.54) is 25.7 Å². The number of carbonyl (C=O) groups is 2. The predicted molar refractivity (Wildman–Crippen MR) is 130 cm³/mol. The molecule has 1 aliphatic carbocycles. The zero-order valence-electron chi connectivity index (χ0n) is 18.3. The molecule has 178 valence electrons. The highest BCUT2D eigenvalue weighted by Crippen LogP contribution is 2.37. The zero-order valence-corrected chi connectivity index (χ0v) is 20.0. The Balaban J connectivity index is 0.00000181. The molecule has 0 spiro atoms. The van der Waals surface area contributed by atoms with E-state index in [0.717, 1.165) is 31.4 Å². The van der Waals surface area contributed by atoms with Gasteiger partial charge in [-0.2, -0.15) is 0 Å². The highest BCUT2D eigenvalue weighted by Gasteiger charge is 2.43. The lowest BCUT2D eigenvalue weighted by Gasteiger charge is -2.43. The number of hydrogen-bond donors (Lipinski definition) is 4. The highest BCUT2D eigenvalue weighted by atomic mass is 35.5. The largest absolute Gasteiger partial charge is 0.384 e. The van der Waals surface area contributed by atoms with E-state index in [-0.39, 0.29) is 54.5 Å². The molecule has 1 aromatic rings. The van der Waals surface area contributed by atoms with Gasteiger partial charge in [0.05, 0.1) is 6.04 Å². The average molecular weight is 484 g/mol. The topological polar surface area (TPSA) is 111 Å². The molecule has 2 heterocycles. The van der Waals surface area contributed by atoms with Gasteiger partial charge in [-0.15, -0.1) is 24.8 Å². The summed E-state index contributed by atoms with van der Waals surface area (Å²) in [5.41, 5.74) is 7.10. The minimum absolute atomic E-state index is 0. The minimum Gasteiger partial charge on any atom is -0.384 e. The van der Waals surface area contributed by atoms with E-state index in [9.17, 15) is 9.59 Å². The van der Waals surface area contributed by atoms with Gasteiger partial charge in [0.1, 0.15) is 11.9 Å². The third-order valence-electron chi connectivity index (χ3n) is 7.11. The zero-order chi connectivity index (χ0) is 21.1. The minimum atomic E-state index is -0.375. The lowest BCUT2D eigenvalue weighted by atomic mass is 9.71. The number of amides is 2. The second-order valence-corrected chi connectivity index (χ2v) is 8.95. The second-order valence-electron chi connectivity index (χ2n) is 8.95. The van der Waals surface area contributed by atoms with E-state index in [2.05, 4.69) is 10.6 Å². The Kier molecular flexibility index (Phi) is 9.80. The number of nitrogen functional groups attached to an aromatic ring is 1. The van der Waals surface area contributed by atoms with Gasteiger partial charge in [-0.05, 0) is 49.6 Å². The number of halogens is 2. The number of fused-ring (bicyclic) bond motifs is 1. The Bertz CT molecular complexity index is 802. The van der Waals surface area contributed by atoms with E-state index in [0.29, 0.717) is 30.5 Å². The Labute approximate surface area is 202 Å². The van der Waals surface area contributed by atoms with Gasteiger partial charge in [-0.3, -0.25) is 15.0 Å². The Morgan fingerprint density at radius 2 is 1.78 bits per heavy atom. The van der Waals surface area contributed by atoms with Crippen LogP contribution in [0.3, 0.4) is 0 Å². The molecule has 0 unspecified atom stereocenters. The van der Waals surface area contributed by atoms with Gasteiger partial charge in [0.2, 0.25) is 11.8 Å². The van der Waals surface area contributed by atoms with E-state index in [1.807, 2.05) is 17.0 Å². The maximum atomic E-state index is 13.4. The lowest BCUT2D eigenvalue weighted by Crippen LogP contribution is -2.58. The molecule has 7 nitrogen and oxygen atoms in total. The van der Waals surface area contributed by atoms with E-state index < -0.39 is 0 Å². The SMILES string of the molecule is Cl.Cl.N=C(N)c1ccc(CNC(=O)[C@@H]2CCCN2C(=O)[C@@H]2NCC[C@@H]3CCCC[C@@H]32)cc1. The number of amidine groups is 1. The van der Waals surface area contributed by atoms with Crippen LogP contribution in [0.5, 0.6) is 0 Å². The van der Waals surface area contributed by atoms with Gasteiger partial charge in [0.15, 0.2) is 0 Å². The molecule has 5 N–H and O–H groups in total. The summed E-state index contributed by atoms with van der Waals surface area (Å²) in [6.07, 6.45) is 7.61. The first kappa shape index (κ1) is 26.4. The van der Waals surface area contributed by atoms with Gasteiger partial charge < -0.3 is 21.3 Å². The Hall–Kier alpha value is -1.83. The third kappa shape index (κ3) is 5.74. The van der Waals surface area contributed by atoms with Crippen molar-refractivity contribution in [3.8, 4) is 0 Å². The summed E-state index contributed by atoms with van der Waals surface area (Å²) in [7, 11) is 0. The number of benzene rings is 1. The smallest absolute Gasteiger partial charge is 0.243 e. The number of rotatable bonds is 5. The maximum absolute atomic E-state index is 13.4. The number of nitrogens with one attached hydrogen (secondary N) is 3. The molecule has 3 fully saturated rings. The highest BCUT2D eigenvalue weighted by molar-refractivity contribution is 5.95. The summed E-state index contributed by atoms with van der Waals surface area (Å²) in [6.45, 7) is 1.97. The van der Waals surface area contributed by atoms with Crippen LogP contribution in [0.2, 0.25) is 0 Å². The van der Waals surface area contributed by atoms with Crippen molar-refractivity contribution in [3.05, 3.63) is 35.4 Å². The Morgan fingerprint density at radius 1 is 1.06 bits per heavy atom. The summed E-state index contributed by atoms with van der Waals surface area (Å²) < 4.78 is 0. The number of hydrogen-bond acceptors (Lipinski definition) is 4. The molecule has 4 rings (SSSR count). The van der Waals surface area contributed by atoms with Crippen LogP contribution in [0, 0.1) is 17.2 Å². The molecule has 1 saturated carbocycles. The molecule has 1 aromatic carbocycles. The summed E-state index contributed by atoms with van der Waals surface area (Å²) >= 11 is 0. The van der Waals surface area contributed by atoms with Crippen molar-refractivity contribution in [3.63, 3.8) is 0 Å². The fourth-order valence-electron chi connectivity index (χ4n) is 5.47. The first-order valence-corrected chi connectivity index (χ1v) is 11.3. The molecule has 3 aliphatic rings. The number of nitrogens with zero attached hydrogens (tertiary/aromatic N) is 1. The molecule has 32 heavy (non-hydrogen) atoms. The molecule has 2 amide bonds. The number of nitrogens with two attached hydrogens (primary N) is 1. The van der Waals surface area contributed by atoms with E-state index in [1.54, 1.807) is 12.1 Å². The summed E-state index contributed by atoms with van der Waals surface area (Å²) in [5, 5.41) is 13.9. The first-order chi connectivity index (χ1) is 14.5. The van der Waals surface area contributed by atoms with Crippen LogP contribution in [0.15, 0.2) is 24.3 Å². The Morgan fingerprint density at radius 3 is 2.50 bits per heavy atom. The average Bonchev–Trinajstić information content (AvgIpc) is 3.27. The van der Waals surface area contributed by atoms with Gasteiger partial charge >= 0.3 is 0 Å². The quantitative estimate of drug-likeness (QED) is 0.380. The van der Waals surface area contributed by atoms with Crippen LogP contribution in [-0.2, 0) is 16.1 Å². The summed E-state index contributed by atoms with van der Waals surface area (Å²) in [6, 6.07) is 6.79. The molecule has 2 aliphatic heterocycles. The van der Waals surface area contributed by atoms with Crippen molar-refractivity contribution in [1.29, 1.82) is 5.41 Å². The third-order valence-corrected chi connectivity index (χ3v) is 7.11. The molecular formula is C23H35Cl2N5O2. The van der Waals surface area contributed by atoms with E-state index in [4.69, 9.17) is 11.1 Å². The standard InChI is InChI=1S/C23H33N5O2.2ClH/c24-21(25)17-9-7-15(8-10-17)14-27-22(29)19-6-3-13-28(19)23(30)20-18-5-2-1-4-16(18)11-12-26-20;;/h7-10,16,18-20,26H,1-6,11-14H2,(H3,24,25)(H,27,29);2*1H/t16-,18-,19-,20+;;/m0../s1. The fourth-order valence-corrected chi connectivity index (χ4v) is 5.47. The summed E-state index contributed by atoms with van der Waals surface area (Å²) in [4.78, 5) is 28.1. The summed E-state index contributed by atoms with van der Waals surface area (Å²) in [5.74, 6) is 1.15. The number of carbonyl (C=O) groups excluding carboxylic acids is 2. The number of piperidine rings is 1. The molecular weight excluding hydrogens is 449 g/mol. The van der Waals surface area contributed by atoms with Crippen LogP contribution in [0.1, 0.15) is 56.1 Å². The predicted octanol–water partition coefficient (Wildman–Crippen LogP) is 2.59. The van der Waals surface area contributed by atoms with Crippen molar-refractivity contribution in [2.24, 2.45) is 17.6 Å². The van der Waals surface area contributed by atoms with Crippen molar-refractivity contribution in [2.75, 3.05) is 13.1 Å². The van der Waals surface area contributed by atoms with Crippen molar-refractivity contribution in [1.82, 2.24) is 15.5 Å². The molecule has 0 radical (unpaired) electrons. The molecule has 9 heteroatoms. The van der Waals surface area contributed by atoms with Crippen molar-refractivity contribution in [2.45, 2.75) is 63.6 Å². The van der Waals surface area contributed by atoms with Crippen LogP contribution in [-0.4, -0.2) is 47.7 Å². The monoisotopic (exact) mass is 483 g/mol. The number of likely N-dealkylation sites (tertiary alicyclic amines) is 1. The maximum Gasteiger partial charge on any atom is 0.243 e. The fraction of sp³-hybridized carbons (Fsp3) is 0.609. The van der Waals surface area contributed by atoms with Crippen molar-refractivity contribution >= 4 is 42.5 Å². The molecule has 0 aromatic heterocycles. The molecule has 4 atom stereocenters. The van der Waals surface area contributed by atoms with Crippen molar-refractivity contribution < 1.29 is 9.59 Å². The van der Waals surface area contributed by atoms with Crippen LogP contribution in [0.4, 0.5) is 0 Å². The van der Waals surface area contributed by atoms with Gasteiger partial charge in [0.25, 0.3) is 0 Å². The van der Waals surface area contributed by atoms with Crippen LogP contribution in [0.25, 0.3) is 0 Å². The van der Waals surface area contributed by atoms with Crippen LogP contribution < -0.4 is 16.4 Å². The van der Waals surface area contributed by atoms with Gasteiger partial charge in [-0.25, -0.2) is 0 Å². The van der Waals surface area contributed by atoms with Crippen LogP contribution >= 0.6 is 24.8 Å². The first-order valence-electron chi connectivity index (χ1n) is 11.3. The molecule has 2 saturated heterocycles. The van der Waals surface area contributed by atoms with Gasteiger partial charge in [-0.1, -0.05) is 43.5 Å².